The first-order chi connectivity index (χ1) is 13.2. The minimum Gasteiger partial charge on any atom is -0.382 e. The lowest BCUT2D eigenvalue weighted by Crippen LogP contribution is -2.06. The van der Waals surface area contributed by atoms with Gasteiger partial charge in [-0.2, -0.15) is 0 Å². The van der Waals surface area contributed by atoms with E-state index >= 15 is 0 Å². The van der Waals surface area contributed by atoms with Crippen LogP contribution in [0.5, 0.6) is 0 Å². The van der Waals surface area contributed by atoms with Crippen molar-refractivity contribution in [2.45, 2.75) is 39.3 Å². The third kappa shape index (κ3) is 3.26. The number of rotatable bonds is 6. The first-order valence-corrected chi connectivity index (χ1v) is 9.52. The molecule has 0 saturated carbocycles. The van der Waals surface area contributed by atoms with Gasteiger partial charge in [0.2, 0.25) is 0 Å². The molecule has 138 valence electrons. The van der Waals surface area contributed by atoms with Gasteiger partial charge in [0.25, 0.3) is 0 Å². The third-order valence-electron chi connectivity index (χ3n) is 5.04. The van der Waals surface area contributed by atoms with Crippen LogP contribution in [0, 0.1) is 0 Å². The molecule has 5 nitrogen and oxygen atoms in total. The molecule has 0 fully saturated rings. The van der Waals surface area contributed by atoms with Crippen LogP contribution in [0.3, 0.4) is 0 Å². The van der Waals surface area contributed by atoms with Crippen LogP contribution in [0.15, 0.2) is 48.5 Å². The van der Waals surface area contributed by atoms with E-state index < -0.39 is 0 Å². The zero-order chi connectivity index (χ0) is 18.8. The van der Waals surface area contributed by atoms with E-state index in [0.29, 0.717) is 12.4 Å². The van der Waals surface area contributed by atoms with Gasteiger partial charge >= 0.3 is 0 Å². The molecule has 2 aromatic carbocycles. The Morgan fingerprint density at radius 1 is 0.963 bits per heavy atom. The molecule has 4 N–H and O–H groups in total. The third-order valence-corrected chi connectivity index (χ3v) is 5.04. The van der Waals surface area contributed by atoms with Crippen molar-refractivity contribution in [1.82, 2.24) is 14.5 Å². The maximum atomic E-state index is 6.26. The summed E-state index contributed by atoms with van der Waals surface area (Å²) in [5.41, 5.74) is 17.1. The molecule has 0 atom stereocenters. The average Bonchev–Trinajstić information content (AvgIpc) is 3.06. The zero-order valence-corrected chi connectivity index (χ0v) is 15.7. The van der Waals surface area contributed by atoms with Crippen LogP contribution in [-0.4, -0.2) is 14.5 Å². The number of benzene rings is 2. The Bertz CT molecular complexity index is 1080. The lowest BCUT2D eigenvalue weighted by atomic mass is 10.1. The molecule has 2 heterocycles. The molecule has 0 saturated heterocycles. The Hall–Kier alpha value is -2.92. The first kappa shape index (κ1) is 17.5. The number of imidazole rings is 1. The normalized spacial score (nSPS) is 11.5. The van der Waals surface area contributed by atoms with Gasteiger partial charge in [0, 0.05) is 24.9 Å². The summed E-state index contributed by atoms with van der Waals surface area (Å²) < 4.78 is 2.31. The largest absolute Gasteiger partial charge is 0.382 e. The number of nitrogen functional groups attached to an aromatic ring is 1. The predicted molar refractivity (Wildman–Crippen MR) is 111 cm³/mol. The molecule has 0 amide bonds. The highest BCUT2D eigenvalue weighted by molar-refractivity contribution is 6.06. The molecule has 0 bridgehead atoms. The fourth-order valence-electron chi connectivity index (χ4n) is 3.56. The van der Waals surface area contributed by atoms with E-state index in [2.05, 4.69) is 46.8 Å². The van der Waals surface area contributed by atoms with Crippen molar-refractivity contribution >= 4 is 27.8 Å². The molecular weight excluding hydrogens is 334 g/mol. The Labute approximate surface area is 159 Å². The van der Waals surface area contributed by atoms with Gasteiger partial charge in [0.05, 0.1) is 11.0 Å². The van der Waals surface area contributed by atoms with Gasteiger partial charge in [-0.3, -0.25) is 0 Å². The van der Waals surface area contributed by atoms with E-state index in [1.54, 1.807) is 0 Å². The van der Waals surface area contributed by atoms with Crippen molar-refractivity contribution < 1.29 is 0 Å². The topological polar surface area (TPSA) is 82.8 Å². The summed E-state index contributed by atoms with van der Waals surface area (Å²) in [5, 5.41) is 1.09. The number of aromatic nitrogens is 3. The highest BCUT2D eigenvalue weighted by Gasteiger charge is 2.17. The molecular formula is C22H25N5. The molecule has 4 rings (SSSR count). The summed E-state index contributed by atoms with van der Waals surface area (Å²) in [6.07, 6.45) is 3.16. The van der Waals surface area contributed by atoms with Crippen molar-refractivity contribution in [3.05, 3.63) is 65.5 Å². The summed E-state index contributed by atoms with van der Waals surface area (Å²) in [5.74, 6) is 1.57. The molecule has 0 spiro atoms. The maximum absolute atomic E-state index is 6.26. The van der Waals surface area contributed by atoms with Crippen LogP contribution < -0.4 is 11.5 Å². The van der Waals surface area contributed by atoms with Gasteiger partial charge in [0.15, 0.2) is 5.82 Å². The van der Waals surface area contributed by atoms with Crippen molar-refractivity contribution in [2.24, 2.45) is 5.73 Å². The Morgan fingerprint density at radius 3 is 2.44 bits per heavy atom. The van der Waals surface area contributed by atoms with E-state index in [9.17, 15) is 0 Å². The van der Waals surface area contributed by atoms with Crippen molar-refractivity contribution in [3.63, 3.8) is 0 Å². The fourth-order valence-corrected chi connectivity index (χ4v) is 3.56. The molecule has 27 heavy (non-hydrogen) atoms. The van der Waals surface area contributed by atoms with Crippen LogP contribution in [0.4, 0.5) is 5.82 Å². The minimum absolute atomic E-state index is 0.499. The number of aryl methyl sites for hydroxylation is 1. The lowest BCUT2D eigenvalue weighted by molar-refractivity contribution is 0.690. The van der Waals surface area contributed by atoms with Gasteiger partial charge in [-0.25, -0.2) is 9.97 Å². The van der Waals surface area contributed by atoms with E-state index in [0.717, 1.165) is 59.1 Å². The summed E-state index contributed by atoms with van der Waals surface area (Å²) >= 11 is 0. The summed E-state index contributed by atoms with van der Waals surface area (Å²) in [4.78, 5) is 9.44. The van der Waals surface area contributed by atoms with E-state index in [1.165, 1.54) is 5.56 Å². The van der Waals surface area contributed by atoms with Crippen molar-refractivity contribution in [2.75, 3.05) is 5.73 Å². The molecule has 0 radical (unpaired) electrons. The Balaban J connectivity index is 1.91. The van der Waals surface area contributed by atoms with Gasteiger partial charge < -0.3 is 16.0 Å². The summed E-state index contributed by atoms with van der Waals surface area (Å²) in [6, 6.07) is 16.6. The number of hydrogen-bond acceptors (Lipinski definition) is 4. The quantitative estimate of drug-likeness (QED) is 0.545. The van der Waals surface area contributed by atoms with E-state index in [1.807, 2.05) is 18.2 Å². The van der Waals surface area contributed by atoms with Crippen LogP contribution in [0.25, 0.3) is 21.9 Å². The SMILES string of the molecule is CCCCc1nc2c(N)nc3ccccc3c2n1Cc1ccc(CN)cc1. The van der Waals surface area contributed by atoms with E-state index in [-0.39, 0.29) is 0 Å². The van der Waals surface area contributed by atoms with E-state index in [4.69, 9.17) is 16.5 Å². The fraction of sp³-hybridized carbons (Fsp3) is 0.273. The Kier molecular flexibility index (Phi) is 4.77. The van der Waals surface area contributed by atoms with Crippen LogP contribution in [0.1, 0.15) is 36.7 Å². The highest BCUT2D eigenvalue weighted by atomic mass is 15.1. The first-order valence-electron chi connectivity index (χ1n) is 9.52. The highest BCUT2D eigenvalue weighted by Crippen LogP contribution is 2.30. The molecule has 5 heteroatoms. The number of pyridine rings is 1. The van der Waals surface area contributed by atoms with Crippen LogP contribution in [-0.2, 0) is 19.5 Å². The molecule has 0 unspecified atom stereocenters. The zero-order valence-electron chi connectivity index (χ0n) is 15.7. The number of fused-ring (bicyclic) bond motifs is 3. The van der Waals surface area contributed by atoms with Crippen LogP contribution in [0.2, 0.25) is 0 Å². The molecule has 2 aromatic heterocycles. The summed E-state index contributed by atoms with van der Waals surface area (Å²) in [7, 11) is 0. The number of anilines is 1. The molecule has 4 aromatic rings. The monoisotopic (exact) mass is 359 g/mol. The van der Waals surface area contributed by atoms with Crippen molar-refractivity contribution in [3.8, 4) is 0 Å². The van der Waals surface area contributed by atoms with Gasteiger partial charge in [0.1, 0.15) is 11.3 Å². The van der Waals surface area contributed by atoms with Crippen LogP contribution >= 0.6 is 0 Å². The summed E-state index contributed by atoms with van der Waals surface area (Å²) in [6.45, 7) is 3.51. The molecule has 0 aliphatic heterocycles. The number of para-hydroxylation sites is 1. The molecule has 0 aliphatic rings. The van der Waals surface area contributed by atoms with Gasteiger partial charge in [-0.05, 0) is 23.6 Å². The molecule has 0 aliphatic carbocycles. The number of hydrogen-bond donors (Lipinski definition) is 2. The smallest absolute Gasteiger partial charge is 0.152 e. The Morgan fingerprint density at radius 2 is 1.70 bits per heavy atom. The second kappa shape index (κ2) is 7.37. The number of nitrogens with zero attached hydrogens (tertiary/aromatic N) is 3. The van der Waals surface area contributed by atoms with Gasteiger partial charge in [-0.15, -0.1) is 0 Å². The predicted octanol–water partition coefficient (Wildman–Crippen LogP) is 4.02. The number of nitrogens with two attached hydrogens (primary N) is 2. The second-order valence-electron chi connectivity index (χ2n) is 6.95. The van der Waals surface area contributed by atoms with Crippen molar-refractivity contribution in [1.29, 1.82) is 0 Å². The second-order valence-corrected chi connectivity index (χ2v) is 6.95. The minimum atomic E-state index is 0.499. The number of unbranched alkanes of at least 4 members (excludes halogenated alkanes) is 1. The average molecular weight is 359 g/mol. The maximum Gasteiger partial charge on any atom is 0.152 e. The lowest BCUT2D eigenvalue weighted by Gasteiger charge is -2.11. The standard InChI is InChI=1S/C22H25N5/c1-2-3-8-19-26-20-21(17-6-4-5-7-18(17)25-22(20)24)27(19)14-16-11-9-15(13-23)10-12-16/h4-7,9-12H,2-3,8,13-14,23H2,1H3,(H2,24,25). The van der Waals surface area contributed by atoms with Gasteiger partial charge in [-0.1, -0.05) is 55.8 Å².